The van der Waals surface area contributed by atoms with Crippen LogP contribution < -0.4 is 15.0 Å². The molecular weight excluding hydrogens is 600 g/mol. The van der Waals surface area contributed by atoms with E-state index in [0.29, 0.717) is 66.7 Å². The third-order valence-corrected chi connectivity index (χ3v) is 7.94. The van der Waals surface area contributed by atoms with Crippen molar-refractivity contribution in [2.45, 2.75) is 44.9 Å². The molecule has 9 nitrogen and oxygen atoms in total. The first kappa shape index (κ1) is 28.6. The standard InChI is InChI=1S/C29H32BrClN4O5/c1-2-39-25-15-19(14-23(31)27(25)40-18-26(36)34-10-12-38-13-11-34)17-32-35-28(20-6-4-3-5-7-20)33-24-9-8-21(30)16-22(24)29(35)37/h8-9,14-17,20H,2-7,10-13,18H2,1H3. The zero-order valence-electron chi connectivity index (χ0n) is 22.4. The van der Waals surface area contributed by atoms with E-state index in [9.17, 15) is 9.59 Å². The van der Waals surface area contributed by atoms with Crippen molar-refractivity contribution in [1.29, 1.82) is 0 Å². The van der Waals surface area contributed by atoms with Crippen LogP contribution in [0.2, 0.25) is 5.02 Å². The van der Waals surface area contributed by atoms with Gasteiger partial charge in [0.25, 0.3) is 11.5 Å². The Bertz CT molecular complexity index is 1470. The van der Waals surface area contributed by atoms with Crippen LogP contribution in [0.1, 0.15) is 56.3 Å². The minimum absolute atomic E-state index is 0.141. The number of rotatable bonds is 8. The van der Waals surface area contributed by atoms with Crippen molar-refractivity contribution in [2.75, 3.05) is 39.5 Å². The van der Waals surface area contributed by atoms with Crippen LogP contribution in [0.3, 0.4) is 0 Å². The molecule has 2 aliphatic rings. The van der Waals surface area contributed by atoms with Gasteiger partial charge in [-0.2, -0.15) is 9.78 Å². The maximum absolute atomic E-state index is 13.6. The summed E-state index contributed by atoms with van der Waals surface area (Å²) in [7, 11) is 0. The van der Waals surface area contributed by atoms with Crippen LogP contribution in [-0.2, 0) is 9.53 Å². The Labute approximate surface area is 246 Å². The molecule has 2 aromatic carbocycles. The molecule has 0 radical (unpaired) electrons. The predicted molar refractivity (Wildman–Crippen MR) is 158 cm³/mol. The highest BCUT2D eigenvalue weighted by molar-refractivity contribution is 9.10. The molecule has 0 spiro atoms. The van der Waals surface area contributed by atoms with Crippen molar-refractivity contribution >= 4 is 50.6 Å². The summed E-state index contributed by atoms with van der Waals surface area (Å²) in [6.07, 6.45) is 6.92. The summed E-state index contributed by atoms with van der Waals surface area (Å²) in [5.41, 5.74) is 1.06. The Morgan fingerprint density at radius 2 is 1.95 bits per heavy atom. The lowest BCUT2D eigenvalue weighted by atomic mass is 9.88. The predicted octanol–water partition coefficient (Wildman–Crippen LogP) is 5.38. The van der Waals surface area contributed by atoms with Crippen molar-refractivity contribution in [2.24, 2.45) is 5.10 Å². The molecule has 1 saturated carbocycles. The number of aromatic nitrogens is 2. The molecule has 11 heteroatoms. The third kappa shape index (κ3) is 6.50. The Morgan fingerprint density at radius 1 is 1.18 bits per heavy atom. The first-order chi connectivity index (χ1) is 19.4. The zero-order chi connectivity index (χ0) is 28.1. The molecule has 0 N–H and O–H groups in total. The lowest BCUT2D eigenvalue weighted by molar-refractivity contribution is -0.137. The first-order valence-corrected chi connectivity index (χ1v) is 14.8. The zero-order valence-corrected chi connectivity index (χ0v) is 24.7. The lowest BCUT2D eigenvalue weighted by Gasteiger charge is -2.27. The molecule has 1 aliphatic heterocycles. The van der Waals surface area contributed by atoms with Gasteiger partial charge in [0, 0.05) is 23.5 Å². The maximum Gasteiger partial charge on any atom is 0.282 e. The SMILES string of the molecule is CCOc1cc(C=Nn2c(C3CCCCC3)nc3ccc(Br)cc3c2=O)cc(Cl)c1OCC(=O)N1CCOCC1. The van der Waals surface area contributed by atoms with Crippen LogP contribution in [-0.4, -0.2) is 66.2 Å². The average molecular weight is 632 g/mol. The lowest BCUT2D eigenvalue weighted by Crippen LogP contribution is -2.43. The maximum atomic E-state index is 13.6. The van der Waals surface area contributed by atoms with Crippen molar-refractivity contribution in [3.8, 4) is 11.5 Å². The number of carbonyl (C=O) groups excluding carboxylic acids is 1. The molecule has 40 heavy (non-hydrogen) atoms. The van der Waals surface area contributed by atoms with Gasteiger partial charge in [-0.15, -0.1) is 0 Å². The van der Waals surface area contributed by atoms with Gasteiger partial charge in [0.15, 0.2) is 18.1 Å². The van der Waals surface area contributed by atoms with E-state index in [1.807, 2.05) is 19.1 Å². The van der Waals surface area contributed by atoms with Gasteiger partial charge in [0.1, 0.15) is 5.82 Å². The minimum atomic E-state index is -0.221. The van der Waals surface area contributed by atoms with Crippen LogP contribution in [0.15, 0.2) is 44.7 Å². The fourth-order valence-corrected chi connectivity index (χ4v) is 5.77. The van der Waals surface area contributed by atoms with Crippen molar-refractivity contribution in [3.63, 3.8) is 0 Å². The number of hydrogen-bond donors (Lipinski definition) is 0. The van der Waals surface area contributed by atoms with Crippen molar-refractivity contribution in [3.05, 3.63) is 61.6 Å². The van der Waals surface area contributed by atoms with E-state index in [1.54, 1.807) is 29.3 Å². The van der Waals surface area contributed by atoms with Crippen LogP contribution in [0.4, 0.5) is 0 Å². The number of hydrogen-bond acceptors (Lipinski definition) is 7. The molecular formula is C29H32BrClN4O5. The molecule has 1 saturated heterocycles. The number of amides is 1. The monoisotopic (exact) mass is 630 g/mol. The number of nitrogens with zero attached hydrogens (tertiary/aromatic N) is 4. The Hall–Kier alpha value is -2.95. The van der Waals surface area contributed by atoms with Crippen molar-refractivity contribution in [1.82, 2.24) is 14.6 Å². The van der Waals surface area contributed by atoms with Gasteiger partial charge >= 0.3 is 0 Å². The molecule has 3 aromatic rings. The van der Waals surface area contributed by atoms with Crippen molar-refractivity contribution < 1.29 is 19.0 Å². The molecule has 5 rings (SSSR count). The quantitative estimate of drug-likeness (QED) is 0.310. The molecule has 0 unspecified atom stereocenters. The minimum Gasteiger partial charge on any atom is -0.490 e. The first-order valence-electron chi connectivity index (χ1n) is 13.7. The van der Waals surface area contributed by atoms with E-state index >= 15 is 0 Å². The Morgan fingerprint density at radius 3 is 2.70 bits per heavy atom. The summed E-state index contributed by atoms with van der Waals surface area (Å²) in [5.74, 6) is 1.38. The number of benzene rings is 2. The second-order valence-corrected chi connectivity index (χ2v) is 11.2. The fraction of sp³-hybridized carbons (Fsp3) is 0.448. The smallest absolute Gasteiger partial charge is 0.282 e. The van der Waals surface area contributed by atoms with E-state index in [4.69, 9.17) is 30.8 Å². The molecule has 0 atom stereocenters. The van der Waals surface area contributed by atoms with Gasteiger partial charge in [-0.3, -0.25) is 9.59 Å². The second-order valence-electron chi connectivity index (χ2n) is 9.87. The summed E-state index contributed by atoms with van der Waals surface area (Å²) in [4.78, 5) is 32.8. The normalized spacial score (nSPS) is 16.5. The highest BCUT2D eigenvalue weighted by Gasteiger charge is 2.23. The van der Waals surface area contributed by atoms with Crippen LogP contribution >= 0.6 is 27.5 Å². The van der Waals surface area contributed by atoms with Crippen LogP contribution in [0, 0.1) is 0 Å². The van der Waals surface area contributed by atoms with Gasteiger partial charge < -0.3 is 19.1 Å². The molecule has 1 amide bonds. The number of ether oxygens (including phenoxy) is 3. The second kappa shape index (κ2) is 13.1. The van der Waals surface area contributed by atoms with E-state index < -0.39 is 0 Å². The number of morpholine rings is 1. The number of halogens is 2. The average Bonchev–Trinajstić information content (AvgIpc) is 2.97. The Balaban J connectivity index is 1.46. The molecule has 212 valence electrons. The Kier molecular flexibility index (Phi) is 9.39. The summed E-state index contributed by atoms with van der Waals surface area (Å²) in [6, 6.07) is 8.94. The molecule has 1 aromatic heterocycles. The van der Waals surface area contributed by atoms with Gasteiger partial charge in [-0.05, 0) is 55.7 Å². The number of fused-ring (bicyclic) bond motifs is 1. The van der Waals surface area contributed by atoms with E-state index in [1.165, 1.54) is 11.1 Å². The van der Waals surface area contributed by atoms with Gasteiger partial charge in [-0.1, -0.05) is 46.8 Å². The topological polar surface area (TPSA) is 95.2 Å². The van der Waals surface area contributed by atoms with Crippen LogP contribution in [0.25, 0.3) is 10.9 Å². The molecule has 1 aliphatic carbocycles. The fourth-order valence-electron chi connectivity index (χ4n) is 5.13. The summed E-state index contributed by atoms with van der Waals surface area (Å²) in [5, 5.41) is 5.39. The molecule has 2 heterocycles. The van der Waals surface area contributed by atoms with Gasteiger partial charge in [0.05, 0.1) is 42.0 Å². The summed E-state index contributed by atoms with van der Waals surface area (Å²) in [6.45, 7) is 4.16. The van der Waals surface area contributed by atoms with Crippen LogP contribution in [0.5, 0.6) is 11.5 Å². The summed E-state index contributed by atoms with van der Waals surface area (Å²) < 4.78 is 19.2. The molecule has 0 bridgehead atoms. The third-order valence-electron chi connectivity index (χ3n) is 7.16. The largest absolute Gasteiger partial charge is 0.490 e. The molecule has 2 fully saturated rings. The highest BCUT2D eigenvalue weighted by atomic mass is 79.9. The number of carbonyl (C=O) groups is 1. The highest BCUT2D eigenvalue weighted by Crippen LogP contribution is 2.37. The van der Waals surface area contributed by atoms with E-state index in [-0.39, 0.29) is 29.0 Å². The summed E-state index contributed by atoms with van der Waals surface area (Å²) >= 11 is 10.1. The van der Waals surface area contributed by atoms with Gasteiger partial charge in [-0.25, -0.2) is 4.98 Å². The van der Waals surface area contributed by atoms with E-state index in [2.05, 4.69) is 21.0 Å². The van der Waals surface area contributed by atoms with Gasteiger partial charge in [0.2, 0.25) is 0 Å². The van der Waals surface area contributed by atoms with E-state index in [0.717, 1.165) is 30.2 Å².